The van der Waals surface area contributed by atoms with E-state index in [0.29, 0.717) is 60.6 Å². The van der Waals surface area contributed by atoms with Gasteiger partial charge in [-0.3, -0.25) is 14.4 Å². The molecular formula is C32H40N6O4. The van der Waals surface area contributed by atoms with Crippen LogP contribution in [0.2, 0.25) is 0 Å². The Kier molecular flexibility index (Phi) is 9.09. The second kappa shape index (κ2) is 13.1. The van der Waals surface area contributed by atoms with Gasteiger partial charge < -0.3 is 29.9 Å². The van der Waals surface area contributed by atoms with E-state index in [1.807, 2.05) is 17.9 Å². The smallest absolute Gasteiger partial charge is 0.261 e. The Labute approximate surface area is 247 Å². The highest BCUT2D eigenvalue weighted by atomic mass is 16.5. The summed E-state index contributed by atoms with van der Waals surface area (Å²) in [6.07, 6.45) is 2.75. The van der Waals surface area contributed by atoms with Gasteiger partial charge in [-0.25, -0.2) is 0 Å². The van der Waals surface area contributed by atoms with Crippen molar-refractivity contribution in [3.63, 3.8) is 0 Å². The molecule has 0 atom stereocenters. The average molecular weight is 573 g/mol. The van der Waals surface area contributed by atoms with Crippen LogP contribution >= 0.6 is 0 Å². The van der Waals surface area contributed by atoms with E-state index in [-0.39, 0.29) is 17.7 Å². The summed E-state index contributed by atoms with van der Waals surface area (Å²) < 4.78 is 5.36. The minimum absolute atomic E-state index is 0.186. The molecule has 3 amide bonds. The summed E-state index contributed by atoms with van der Waals surface area (Å²) >= 11 is 0. The molecule has 0 bridgehead atoms. The van der Waals surface area contributed by atoms with Gasteiger partial charge in [0.25, 0.3) is 11.8 Å². The third-order valence-corrected chi connectivity index (χ3v) is 8.13. The number of carbonyl (C=O) groups is 3. The number of nitrogens with one attached hydrogen (secondary N) is 2. The van der Waals surface area contributed by atoms with Crippen LogP contribution in [0.3, 0.4) is 0 Å². The van der Waals surface area contributed by atoms with Crippen LogP contribution in [0.5, 0.6) is 0 Å². The summed E-state index contributed by atoms with van der Waals surface area (Å²) in [6.45, 7) is 10.9. The molecule has 2 aliphatic heterocycles. The van der Waals surface area contributed by atoms with E-state index in [1.54, 1.807) is 19.1 Å². The van der Waals surface area contributed by atoms with Crippen LogP contribution < -0.4 is 20.4 Å². The van der Waals surface area contributed by atoms with Gasteiger partial charge in [-0.2, -0.15) is 0 Å². The number of aryl methyl sites for hydroxylation is 3. The Bertz CT molecular complexity index is 1440. The van der Waals surface area contributed by atoms with Gasteiger partial charge in [0.15, 0.2) is 0 Å². The fourth-order valence-corrected chi connectivity index (χ4v) is 5.81. The molecule has 42 heavy (non-hydrogen) atoms. The van der Waals surface area contributed by atoms with E-state index < -0.39 is 0 Å². The van der Waals surface area contributed by atoms with Crippen molar-refractivity contribution in [2.45, 2.75) is 46.5 Å². The lowest BCUT2D eigenvalue weighted by molar-refractivity contribution is -0.127. The number of rotatable bonds is 10. The standard InChI is InChI=1S/C32H40N6O4/c1-4-28-30(23(3)35-42-28)32(41)34-25-21-24(31(40)33-14-8-16-38-15-7-11-29(38)39)12-13-27(25)37-19-17-36(18-20-37)26-10-6-5-9-22(26)2/h5-6,9-10,12-13,21H,4,7-8,11,14-20H2,1-3H3,(H,33,40)(H,34,41). The van der Waals surface area contributed by atoms with Crippen LogP contribution in [0.15, 0.2) is 47.0 Å². The number of amides is 3. The van der Waals surface area contributed by atoms with Crippen molar-refractivity contribution in [2.24, 2.45) is 0 Å². The minimum Gasteiger partial charge on any atom is -0.368 e. The molecule has 2 aliphatic rings. The Morgan fingerprint density at radius 1 is 0.952 bits per heavy atom. The Balaban J connectivity index is 1.32. The van der Waals surface area contributed by atoms with Crippen LogP contribution in [-0.4, -0.2) is 73.6 Å². The average Bonchev–Trinajstić information content (AvgIpc) is 3.59. The number of para-hydroxylation sites is 1. The predicted molar refractivity (Wildman–Crippen MR) is 163 cm³/mol. The van der Waals surface area contributed by atoms with Gasteiger partial charge in [0.1, 0.15) is 11.3 Å². The summed E-state index contributed by atoms with van der Waals surface area (Å²) in [4.78, 5) is 44.9. The maximum absolute atomic E-state index is 13.5. The number of benzene rings is 2. The monoisotopic (exact) mass is 572 g/mol. The molecule has 2 fully saturated rings. The van der Waals surface area contributed by atoms with Crippen LogP contribution in [0.25, 0.3) is 0 Å². The first kappa shape index (κ1) is 29.2. The predicted octanol–water partition coefficient (Wildman–Crippen LogP) is 4.18. The van der Waals surface area contributed by atoms with E-state index >= 15 is 0 Å². The lowest BCUT2D eigenvalue weighted by Crippen LogP contribution is -2.47. The molecule has 3 aromatic rings. The van der Waals surface area contributed by atoms with Crippen molar-refractivity contribution in [1.29, 1.82) is 0 Å². The third kappa shape index (κ3) is 6.42. The molecule has 10 heteroatoms. The van der Waals surface area contributed by atoms with Crippen LogP contribution in [-0.2, 0) is 11.2 Å². The van der Waals surface area contributed by atoms with Gasteiger partial charge in [-0.15, -0.1) is 0 Å². The largest absolute Gasteiger partial charge is 0.368 e. The number of nitrogens with zero attached hydrogens (tertiary/aromatic N) is 4. The summed E-state index contributed by atoms with van der Waals surface area (Å²) in [7, 11) is 0. The quantitative estimate of drug-likeness (QED) is 0.351. The highest BCUT2D eigenvalue weighted by Gasteiger charge is 2.25. The lowest BCUT2D eigenvalue weighted by atomic mass is 10.1. The Hall–Kier alpha value is -4.34. The molecule has 10 nitrogen and oxygen atoms in total. The second-order valence-electron chi connectivity index (χ2n) is 11.0. The van der Waals surface area contributed by atoms with Gasteiger partial charge in [-0.1, -0.05) is 30.3 Å². The molecule has 222 valence electrons. The van der Waals surface area contributed by atoms with Gasteiger partial charge in [-0.05, 0) is 56.5 Å². The van der Waals surface area contributed by atoms with Crippen molar-refractivity contribution in [3.8, 4) is 0 Å². The topological polar surface area (TPSA) is 111 Å². The van der Waals surface area contributed by atoms with E-state index in [4.69, 9.17) is 4.52 Å². The van der Waals surface area contributed by atoms with Gasteiger partial charge in [0, 0.05) is 69.9 Å². The molecule has 0 radical (unpaired) electrons. The summed E-state index contributed by atoms with van der Waals surface area (Å²) in [5.41, 5.74) is 5.34. The number of anilines is 3. The molecule has 2 N–H and O–H groups in total. The maximum Gasteiger partial charge on any atom is 0.261 e. The van der Waals surface area contributed by atoms with Gasteiger partial charge >= 0.3 is 0 Å². The number of carbonyl (C=O) groups excluding carboxylic acids is 3. The molecular weight excluding hydrogens is 532 g/mol. The first-order valence-electron chi connectivity index (χ1n) is 14.9. The van der Waals surface area contributed by atoms with Crippen molar-refractivity contribution in [1.82, 2.24) is 15.4 Å². The summed E-state index contributed by atoms with van der Waals surface area (Å²) in [6, 6.07) is 13.9. The normalized spacial score (nSPS) is 15.3. The van der Waals surface area contributed by atoms with Crippen LogP contribution in [0.4, 0.5) is 17.1 Å². The van der Waals surface area contributed by atoms with Crippen molar-refractivity contribution < 1.29 is 18.9 Å². The minimum atomic E-state index is -0.307. The van der Waals surface area contributed by atoms with Gasteiger partial charge in [0.05, 0.1) is 17.1 Å². The van der Waals surface area contributed by atoms with Crippen molar-refractivity contribution in [2.75, 3.05) is 60.9 Å². The number of piperazine rings is 1. The van der Waals surface area contributed by atoms with E-state index in [1.165, 1.54) is 11.3 Å². The van der Waals surface area contributed by atoms with Gasteiger partial charge in [0.2, 0.25) is 5.91 Å². The molecule has 0 spiro atoms. The number of hydrogen-bond acceptors (Lipinski definition) is 7. The van der Waals surface area contributed by atoms with Crippen molar-refractivity contribution >= 4 is 34.8 Å². The Morgan fingerprint density at radius 2 is 1.69 bits per heavy atom. The zero-order chi connectivity index (χ0) is 29.6. The summed E-state index contributed by atoms with van der Waals surface area (Å²) in [5, 5.41) is 10.0. The molecule has 2 saturated heterocycles. The Morgan fingerprint density at radius 3 is 2.38 bits per heavy atom. The molecule has 0 aliphatic carbocycles. The molecule has 2 aromatic carbocycles. The second-order valence-corrected chi connectivity index (χ2v) is 11.0. The number of likely N-dealkylation sites (tertiary alicyclic amines) is 1. The van der Waals surface area contributed by atoms with E-state index in [9.17, 15) is 14.4 Å². The molecule has 5 rings (SSSR count). The first-order valence-corrected chi connectivity index (χ1v) is 14.9. The number of hydrogen-bond donors (Lipinski definition) is 2. The highest BCUT2D eigenvalue weighted by Crippen LogP contribution is 2.31. The van der Waals surface area contributed by atoms with Crippen molar-refractivity contribution in [3.05, 3.63) is 70.6 Å². The lowest BCUT2D eigenvalue weighted by Gasteiger charge is -2.38. The number of aromatic nitrogens is 1. The zero-order valence-corrected chi connectivity index (χ0v) is 24.7. The molecule has 3 heterocycles. The first-order chi connectivity index (χ1) is 20.4. The SMILES string of the molecule is CCc1onc(C)c1C(=O)Nc1cc(C(=O)NCCCN2CCCC2=O)ccc1N1CCN(c2ccccc2C)CC1. The molecule has 0 unspecified atom stereocenters. The maximum atomic E-state index is 13.5. The summed E-state index contributed by atoms with van der Waals surface area (Å²) in [5.74, 6) is 0.193. The molecule has 0 saturated carbocycles. The van der Waals surface area contributed by atoms with E-state index in [2.05, 4.69) is 56.8 Å². The molecule has 1 aromatic heterocycles. The fraction of sp³-hybridized carbons (Fsp3) is 0.438. The van der Waals surface area contributed by atoms with Crippen LogP contribution in [0, 0.1) is 13.8 Å². The third-order valence-electron chi connectivity index (χ3n) is 8.13. The van der Waals surface area contributed by atoms with E-state index in [0.717, 1.165) is 44.8 Å². The zero-order valence-electron chi connectivity index (χ0n) is 24.7. The fourth-order valence-electron chi connectivity index (χ4n) is 5.81. The van der Waals surface area contributed by atoms with Crippen LogP contribution in [0.1, 0.15) is 63.9 Å². The highest BCUT2D eigenvalue weighted by molar-refractivity contribution is 6.08.